The first-order chi connectivity index (χ1) is 8.32. The molecule has 1 aromatic heterocycles. The van der Waals surface area contributed by atoms with Crippen molar-refractivity contribution in [2.45, 2.75) is 26.2 Å². The van der Waals surface area contributed by atoms with Gasteiger partial charge in [0, 0.05) is 28.6 Å². The number of benzene rings is 1. The number of nitrogens with two attached hydrogens (primary N) is 1. The summed E-state index contributed by atoms with van der Waals surface area (Å²) in [5, 5.41) is 5.23. The number of aryl methyl sites for hydroxylation is 1. The van der Waals surface area contributed by atoms with Gasteiger partial charge in [-0.25, -0.2) is 0 Å². The lowest BCUT2D eigenvalue weighted by molar-refractivity contribution is 0.555. The second kappa shape index (κ2) is 4.32. The summed E-state index contributed by atoms with van der Waals surface area (Å²) in [4.78, 5) is 0. The summed E-state index contributed by atoms with van der Waals surface area (Å²) in [6.45, 7) is 6.36. The van der Waals surface area contributed by atoms with Crippen LogP contribution in [0.4, 0.5) is 5.82 Å². The van der Waals surface area contributed by atoms with E-state index in [1.165, 1.54) is 0 Å². The van der Waals surface area contributed by atoms with Gasteiger partial charge in [-0.3, -0.25) is 4.68 Å². The summed E-state index contributed by atoms with van der Waals surface area (Å²) in [6, 6.07) is 7.72. The minimum Gasteiger partial charge on any atom is -0.383 e. The van der Waals surface area contributed by atoms with Gasteiger partial charge in [-0.1, -0.05) is 50.6 Å². The molecule has 2 rings (SSSR count). The van der Waals surface area contributed by atoms with E-state index in [0.717, 1.165) is 16.8 Å². The molecule has 0 saturated heterocycles. The number of rotatable bonds is 1. The Bertz CT molecular complexity index is 579. The highest BCUT2D eigenvalue weighted by Gasteiger charge is 2.26. The smallest absolute Gasteiger partial charge is 0.129 e. The molecule has 96 valence electrons. The predicted octanol–water partition coefficient (Wildman–Crippen LogP) is 3.62. The van der Waals surface area contributed by atoms with Crippen LogP contribution in [-0.2, 0) is 12.5 Å². The number of halogens is 1. The van der Waals surface area contributed by atoms with Crippen LogP contribution in [0.5, 0.6) is 0 Å². The van der Waals surface area contributed by atoms with Crippen LogP contribution in [0.2, 0.25) is 5.02 Å². The molecule has 2 aromatic rings. The first kappa shape index (κ1) is 13.0. The fourth-order valence-electron chi connectivity index (χ4n) is 1.99. The van der Waals surface area contributed by atoms with Gasteiger partial charge < -0.3 is 5.73 Å². The van der Waals surface area contributed by atoms with E-state index >= 15 is 0 Å². The Morgan fingerprint density at radius 1 is 1.22 bits per heavy atom. The first-order valence-electron chi connectivity index (χ1n) is 5.90. The highest BCUT2D eigenvalue weighted by Crippen LogP contribution is 2.39. The Hall–Kier alpha value is -1.48. The van der Waals surface area contributed by atoms with Crippen molar-refractivity contribution in [1.29, 1.82) is 0 Å². The van der Waals surface area contributed by atoms with E-state index in [1.54, 1.807) is 4.68 Å². The van der Waals surface area contributed by atoms with Crippen molar-refractivity contribution in [2.24, 2.45) is 7.05 Å². The minimum atomic E-state index is -0.0795. The molecule has 0 bridgehead atoms. The molecule has 2 N–H and O–H groups in total. The molecule has 4 heteroatoms. The number of aromatic nitrogens is 2. The molecule has 18 heavy (non-hydrogen) atoms. The summed E-state index contributed by atoms with van der Waals surface area (Å²) in [6.07, 6.45) is 0. The maximum Gasteiger partial charge on any atom is 0.129 e. The molecule has 0 amide bonds. The third-order valence-corrected chi connectivity index (χ3v) is 3.27. The number of hydrogen-bond acceptors (Lipinski definition) is 2. The summed E-state index contributed by atoms with van der Waals surface area (Å²) < 4.78 is 1.71. The van der Waals surface area contributed by atoms with Gasteiger partial charge in [-0.15, -0.1) is 0 Å². The van der Waals surface area contributed by atoms with E-state index in [4.69, 9.17) is 17.3 Å². The molecule has 0 aliphatic carbocycles. The second-order valence-corrected chi connectivity index (χ2v) is 5.87. The van der Waals surface area contributed by atoms with Gasteiger partial charge in [0.15, 0.2) is 0 Å². The number of anilines is 1. The lowest BCUT2D eigenvalue weighted by atomic mass is 9.87. The van der Waals surface area contributed by atoms with Crippen LogP contribution in [0.15, 0.2) is 24.3 Å². The Labute approximate surface area is 113 Å². The van der Waals surface area contributed by atoms with Gasteiger partial charge in [-0.2, -0.15) is 5.10 Å². The largest absolute Gasteiger partial charge is 0.383 e. The molecule has 0 aliphatic rings. The molecule has 0 radical (unpaired) electrons. The minimum absolute atomic E-state index is 0.0795. The van der Waals surface area contributed by atoms with Crippen LogP contribution in [-0.4, -0.2) is 9.78 Å². The van der Waals surface area contributed by atoms with Crippen LogP contribution >= 0.6 is 11.6 Å². The lowest BCUT2D eigenvalue weighted by Gasteiger charge is -2.18. The van der Waals surface area contributed by atoms with Crippen LogP contribution in [0, 0.1) is 0 Å². The highest BCUT2D eigenvalue weighted by atomic mass is 35.5. The van der Waals surface area contributed by atoms with Crippen molar-refractivity contribution in [1.82, 2.24) is 9.78 Å². The van der Waals surface area contributed by atoms with E-state index in [1.807, 2.05) is 31.3 Å². The van der Waals surface area contributed by atoms with Gasteiger partial charge >= 0.3 is 0 Å². The molecular formula is C14H18ClN3. The van der Waals surface area contributed by atoms with Gasteiger partial charge in [0.2, 0.25) is 0 Å². The van der Waals surface area contributed by atoms with E-state index in [2.05, 4.69) is 25.9 Å². The fraction of sp³-hybridized carbons (Fsp3) is 0.357. The first-order valence-corrected chi connectivity index (χ1v) is 6.28. The summed E-state index contributed by atoms with van der Waals surface area (Å²) in [5.74, 6) is 0.646. The van der Waals surface area contributed by atoms with Crippen molar-refractivity contribution in [3.63, 3.8) is 0 Å². The Kier molecular flexibility index (Phi) is 3.11. The summed E-state index contributed by atoms with van der Waals surface area (Å²) >= 11 is 6.27. The SMILES string of the molecule is Cn1nc(C(C)(C)C)c(-c2ccccc2Cl)c1N. The van der Waals surface area contributed by atoms with Crippen molar-refractivity contribution in [3.8, 4) is 11.1 Å². The zero-order valence-corrected chi connectivity index (χ0v) is 11.9. The maximum atomic E-state index is 6.27. The van der Waals surface area contributed by atoms with Gasteiger partial charge in [0.1, 0.15) is 5.82 Å². The van der Waals surface area contributed by atoms with Crippen LogP contribution in [0.1, 0.15) is 26.5 Å². The molecule has 3 nitrogen and oxygen atoms in total. The molecule has 0 aliphatic heterocycles. The average Bonchev–Trinajstić information content (AvgIpc) is 2.57. The van der Waals surface area contributed by atoms with Crippen molar-refractivity contribution < 1.29 is 0 Å². The monoisotopic (exact) mass is 263 g/mol. The molecule has 0 saturated carbocycles. The Morgan fingerprint density at radius 3 is 2.39 bits per heavy atom. The maximum absolute atomic E-state index is 6.27. The molecule has 1 aromatic carbocycles. The van der Waals surface area contributed by atoms with E-state index in [-0.39, 0.29) is 5.41 Å². The summed E-state index contributed by atoms with van der Waals surface area (Å²) in [5.41, 5.74) is 8.91. The Morgan fingerprint density at radius 2 is 1.83 bits per heavy atom. The lowest BCUT2D eigenvalue weighted by Crippen LogP contribution is -2.13. The number of nitrogen functional groups attached to an aromatic ring is 1. The summed E-state index contributed by atoms with van der Waals surface area (Å²) in [7, 11) is 1.85. The standard InChI is InChI=1S/C14H18ClN3/c1-14(2,3)12-11(13(16)18(4)17-12)9-7-5-6-8-10(9)15/h5-8H,16H2,1-4H3. The van der Waals surface area contributed by atoms with E-state index < -0.39 is 0 Å². The number of nitrogens with zero attached hydrogens (tertiary/aromatic N) is 2. The van der Waals surface area contributed by atoms with Crippen molar-refractivity contribution >= 4 is 17.4 Å². The van der Waals surface area contributed by atoms with Gasteiger partial charge in [0.05, 0.1) is 5.69 Å². The zero-order valence-electron chi connectivity index (χ0n) is 11.2. The highest BCUT2D eigenvalue weighted by molar-refractivity contribution is 6.33. The Balaban J connectivity index is 2.75. The van der Waals surface area contributed by atoms with Crippen molar-refractivity contribution in [3.05, 3.63) is 35.0 Å². The third-order valence-electron chi connectivity index (χ3n) is 2.95. The van der Waals surface area contributed by atoms with Gasteiger partial charge in [-0.05, 0) is 6.07 Å². The van der Waals surface area contributed by atoms with Crippen LogP contribution in [0.3, 0.4) is 0 Å². The number of hydrogen-bond donors (Lipinski definition) is 1. The molecule has 0 fully saturated rings. The second-order valence-electron chi connectivity index (χ2n) is 5.46. The molecule has 1 heterocycles. The predicted molar refractivity (Wildman–Crippen MR) is 76.8 cm³/mol. The molecule has 0 atom stereocenters. The molecular weight excluding hydrogens is 246 g/mol. The fourth-order valence-corrected chi connectivity index (χ4v) is 2.22. The molecule has 0 unspecified atom stereocenters. The van der Waals surface area contributed by atoms with Crippen LogP contribution in [0.25, 0.3) is 11.1 Å². The van der Waals surface area contributed by atoms with E-state index in [9.17, 15) is 0 Å². The third kappa shape index (κ3) is 2.10. The van der Waals surface area contributed by atoms with E-state index in [0.29, 0.717) is 10.8 Å². The molecule has 0 spiro atoms. The van der Waals surface area contributed by atoms with Crippen molar-refractivity contribution in [2.75, 3.05) is 5.73 Å². The van der Waals surface area contributed by atoms with Gasteiger partial charge in [0.25, 0.3) is 0 Å². The average molecular weight is 264 g/mol. The van der Waals surface area contributed by atoms with Crippen LogP contribution < -0.4 is 5.73 Å². The topological polar surface area (TPSA) is 43.8 Å². The normalized spacial score (nSPS) is 11.8. The zero-order chi connectivity index (χ0) is 13.5. The quantitative estimate of drug-likeness (QED) is 0.854.